The molecule has 1 amide bonds. The molecule has 202 valence electrons. The van der Waals surface area contributed by atoms with E-state index < -0.39 is 11.7 Å². The molecule has 0 unspecified atom stereocenters. The number of nitrogens with two attached hydrogens (primary N) is 1. The minimum atomic E-state index is -0.671. The van der Waals surface area contributed by atoms with Gasteiger partial charge < -0.3 is 30.2 Å². The number of piperidine rings is 1. The molecule has 0 saturated carbocycles. The number of anilines is 2. The predicted octanol–water partition coefficient (Wildman–Crippen LogP) is 4.13. The van der Waals surface area contributed by atoms with Crippen LogP contribution in [0.4, 0.5) is 16.6 Å². The average Bonchev–Trinajstić information content (AvgIpc) is 2.97. The van der Waals surface area contributed by atoms with Crippen LogP contribution in [0.25, 0.3) is 10.9 Å². The van der Waals surface area contributed by atoms with E-state index >= 15 is 0 Å². The monoisotopic (exact) mass is 528 g/mol. The lowest BCUT2D eigenvalue weighted by molar-refractivity contribution is -0.00745. The summed E-state index contributed by atoms with van der Waals surface area (Å²) in [4.78, 5) is 28.4. The molecule has 1 aliphatic heterocycles. The van der Waals surface area contributed by atoms with Gasteiger partial charge in [-0.1, -0.05) is 36.4 Å². The van der Waals surface area contributed by atoms with Crippen molar-refractivity contribution in [3.63, 3.8) is 0 Å². The number of ether oxygens (including phenoxy) is 3. The van der Waals surface area contributed by atoms with Gasteiger partial charge in [-0.05, 0) is 23.3 Å². The average molecular weight is 529 g/mol. The van der Waals surface area contributed by atoms with E-state index in [1.54, 1.807) is 38.7 Å². The number of fused-ring (bicyclic) bond motifs is 1. The zero-order valence-electron chi connectivity index (χ0n) is 22.1. The summed E-state index contributed by atoms with van der Waals surface area (Å²) in [5.41, 5.74) is 8.34. The number of rotatable bonds is 8. The van der Waals surface area contributed by atoms with Crippen LogP contribution in [0, 0.1) is 0 Å². The van der Waals surface area contributed by atoms with E-state index in [9.17, 15) is 4.79 Å². The van der Waals surface area contributed by atoms with Gasteiger partial charge >= 0.3 is 6.09 Å². The molecule has 5 rings (SSSR count). The second kappa shape index (κ2) is 11.4. The zero-order chi connectivity index (χ0) is 27.2. The van der Waals surface area contributed by atoms with Gasteiger partial charge in [0.25, 0.3) is 0 Å². The van der Waals surface area contributed by atoms with Crippen LogP contribution in [0.2, 0.25) is 0 Å². The normalized spacial score (nSPS) is 14.6. The highest BCUT2D eigenvalue weighted by atomic mass is 16.6. The molecule has 2 aromatic heterocycles. The lowest BCUT2D eigenvalue weighted by atomic mass is 9.85. The first kappa shape index (κ1) is 26.0. The van der Waals surface area contributed by atoms with Gasteiger partial charge in [-0.3, -0.25) is 4.98 Å². The molecular weight excluding hydrogens is 496 g/mol. The van der Waals surface area contributed by atoms with Gasteiger partial charge in [-0.15, -0.1) is 0 Å². The molecule has 4 aromatic rings. The van der Waals surface area contributed by atoms with E-state index in [0.717, 1.165) is 11.1 Å². The van der Waals surface area contributed by atoms with Gasteiger partial charge in [0.1, 0.15) is 11.4 Å². The molecule has 10 heteroatoms. The van der Waals surface area contributed by atoms with Crippen molar-refractivity contribution in [1.29, 1.82) is 0 Å². The van der Waals surface area contributed by atoms with Crippen molar-refractivity contribution in [2.24, 2.45) is 0 Å². The highest BCUT2D eigenvalue weighted by Crippen LogP contribution is 2.36. The maximum Gasteiger partial charge on any atom is 0.407 e. The number of aromatic nitrogens is 3. The second-order valence-electron chi connectivity index (χ2n) is 9.57. The van der Waals surface area contributed by atoms with Gasteiger partial charge in [0.2, 0.25) is 5.95 Å². The number of carbonyl (C=O) groups is 1. The first-order chi connectivity index (χ1) is 19.0. The Morgan fingerprint density at radius 1 is 1.00 bits per heavy atom. The molecule has 0 spiro atoms. The summed E-state index contributed by atoms with van der Waals surface area (Å²) in [6.45, 7) is 1.54. The number of benzene rings is 2. The maximum absolute atomic E-state index is 12.9. The minimum absolute atomic E-state index is 0.346. The fourth-order valence-corrected chi connectivity index (χ4v) is 4.91. The van der Waals surface area contributed by atoms with Gasteiger partial charge in [-0.2, -0.15) is 4.98 Å². The highest BCUT2D eigenvalue weighted by Gasteiger charge is 2.39. The minimum Gasteiger partial charge on any atom is -0.493 e. The first-order valence-electron chi connectivity index (χ1n) is 12.8. The Hall–Kier alpha value is -4.60. The molecule has 0 aliphatic carbocycles. The van der Waals surface area contributed by atoms with Crippen molar-refractivity contribution in [1.82, 2.24) is 20.3 Å². The molecule has 3 heterocycles. The van der Waals surface area contributed by atoms with E-state index in [2.05, 4.69) is 32.3 Å². The number of alkyl carbamates (subject to hydrolysis) is 1. The van der Waals surface area contributed by atoms with Crippen molar-refractivity contribution < 1.29 is 19.0 Å². The second-order valence-corrected chi connectivity index (χ2v) is 9.57. The van der Waals surface area contributed by atoms with Crippen LogP contribution < -0.4 is 25.4 Å². The van der Waals surface area contributed by atoms with Crippen LogP contribution >= 0.6 is 0 Å². The van der Waals surface area contributed by atoms with E-state index in [4.69, 9.17) is 24.9 Å². The van der Waals surface area contributed by atoms with Crippen LogP contribution in [0.3, 0.4) is 0 Å². The van der Waals surface area contributed by atoms with Crippen molar-refractivity contribution >= 4 is 28.8 Å². The van der Waals surface area contributed by atoms with Crippen LogP contribution in [0.15, 0.2) is 67.0 Å². The molecule has 2 aromatic carbocycles. The molecule has 1 aliphatic rings. The fraction of sp³-hybridized carbons (Fsp3) is 0.310. The summed E-state index contributed by atoms with van der Waals surface area (Å²) in [5.74, 6) is 2.03. The van der Waals surface area contributed by atoms with Crippen molar-refractivity contribution in [2.75, 3.05) is 37.9 Å². The molecular formula is C29H32N6O4. The molecule has 0 radical (unpaired) electrons. The van der Waals surface area contributed by atoms with Crippen molar-refractivity contribution in [3.8, 4) is 11.5 Å². The van der Waals surface area contributed by atoms with Crippen LogP contribution in [-0.2, 0) is 17.7 Å². The smallest absolute Gasteiger partial charge is 0.407 e. The fourth-order valence-electron chi connectivity index (χ4n) is 4.91. The molecule has 1 fully saturated rings. The quantitative estimate of drug-likeness (QED) is 0.347. The summed E-state index contributed by atoms with van der Waals surface area (Å²) in [6, 6.07) is 17.4. The molecule has 39 heavy (non-hydrogen) atoms. The molecule has 0 atom stereocenters. The predicted molar refractivity (Wildman–Crippen MR) is 149 cm³/mol. The van der Waals surface area contributed by atoms with Crippen LogP contribution in [0.5, 0.6) is 11.5 Å². The Kier molecular flexibility index (Phi) is 7.62. The Balaban J connectivity index is 1.34. The number of nitrogen functional groups attached to an aromatic ring is 1. The Morgan fingerprint density at radius 2 is 1.72 bits per heavy atom. The van der Waals surface area contributed by atoms with Crippen molar-refractivity contribution in [3.05, 3.63) is 78.1 Å². The Labute approximate surface area is 227 Å². The SMILES string of the molecule is COc1cc2nc(N3CCC(Cc4ccccc4)(OC(=O)NCc4cccnc4)CC3)nc(N)c2cc1OC. The number of carbonyl (C=O) groups excluding carboxylic acids is 1. The summed E-state index contributed by atoms with van der Waals surface area (Å²) in [5, 5.41) is 3.56. The zero-order valence-corrected chi connectivity index (χ0v) is 22.1. The highest BCUT2D eigenvalue weighted by molar-refractivity contribution is 5.91. The topological polar surface area (TPSA) is 125 Å². The third-order valence-corrected chi connectivity index (χ3v) is 7.01. The van der Waals surface area contributed by atoms with E-state index in [1.165, 1.54) is 0 Å². The number of nitrogens with one attached hydrogen (secondary N) is 1. The summed E-state index contributed by atoms with van der Waals surface area (Å²) in [6.07, 6.45) is 4.80. The Morgan fingerprint density at radius 3 is 2.41 bits per heavy atom. The molecule has 10 nitrogen and oxygen atoms in total. The Bertz CT molecular complexity index is 1430. The van der Waals surface area contributed by atoms with Gasteiger partial charge in [0.05, 0.1) is 19.7 Å². The van der Waals surface area contributed by atoms with E-state index in [-0.39, 0.29) is 0 Å². The van der Waals surface area contributed by atoms with Crippen molar-refractivity contribution in [2.45, 2.75) is 31.4 Å². The number of nitrogens with zero attached hydrogens (tertiary/aromatic N) is 4. The summed E-state index contributed by atoms with van der Waals surface area (Å²) >= 11 is 0. The first-order valence-corrected chi connectivity index (χ1v) is 12.8. The molecule has 3 N–H and O–H groups in total. The van der Waals surface area contributed by atoms with Crippen LogP contribution in [-0.4, -0.2) is 54.0 Å². The number of amides is 1. The van der Waals surface area contributed by atoms with Gasteiger partial charge in [-0.25, -0.2) is 9.78 Å². The van der Waals surface area contributed by atoms with E-state index in [0.29, 0.717) is 73.1 Å². The molecule has 1 saturated heterocycles. The number of methoxy groups -OCH3 is 2. The van der Waals surface area contributed by atoms with Gasteiger partial charge in [0, 0.05) is 62.7 Å². The third kappa shape index (κ3) is 5.95. The summed E-state index contributed by atoms with van der Waals surface area (Å²) in [7, 11) is 3.16. The lowest BCUT2D eigenvalue weighted by Gasteiger charge is -2.41. The maximum atomic E-state index is 12.9. The molecule has 0 bridgehead atoms. The number of hydrogen-bond donors (Lipinski definition) is 2. The standard InChI is InChI=1S/C29H32N6O4/c1-37-24-15-22-23(16-25(24)38-2)33-27(34-26(22)30)35-13-10-29(11-14-35,17-20-7-4-3-5-8-20)39-28(36)32-19-21-9-6-12-31-18-21/h3-9,12,15-16,18H,10-11,13-14,17,19H2,1-2H3,(H,32,36)(H2,30,33,34). The largest absolute Gasteiger partial charge is 0.493 e. The number of pyridine rings is 1. The van der Waals surface area contributed by atoms with Gasteiger partial charge in [0.15, 0.2) is 11.5 Å². The summed E-state index contributed by atoms with van der Waals surface area (Å²) < 4.78 is 17.0. The van der Waals surface area contributed by atoms with E-state index in [1.807, 2.05) is 30.3 Å². The lowest BCUT2D eigenvalue weighted by Crippen LogP contribution is -2.50. The number of hydrogen-bond acceptors (Lipinski definition) is 9. The third-order valence-electron chi connectivity index (χ3n) is 7.01. The van der Waals surface area contributed by atoms with Crippen LogP contribution in [0.1, 0.15) is 24.0 Å².